The van der Waals surface area contributed by atoms with Gasteiger partial charge in [0.2, 0.25) is 11.8 Å². The van der Waals surface area contributed by atoms with Crippen molar-refractivity contribution in [2.45, 2.75) is 63.6 Å². The lowest BCUT2D eigenvalue weighted by molar-refractivity contribution is -0.146. The molecule has 2 unspecified atom stereocenters. The van der Waals surface area contributed by atoms with Gasteiger partial charge >= 0.3 is 0 Å². The molecule has 8 nitrogen and oxygen atoms in total. The van der Waals surface area contributed by atoms with Crippen LogP contribution in [-0.4, -0.2) is 64.4 Å². The van der Waals surface area contributed by atoms with Crippen molar-refractivity contribution in [3.05, 3.63) is 47.6 Å². The first-order valence-electron chi connectivity index (χ1n) is 13.0. The van der Waals surface area contributed by atoms with Gasteiger partial charge < -0.3 is 20.7 Å². The van der Waals surface area contributed by atoms with Gasteiger partial charge in [0.15, 0.2) is 0 Å². The second-order valence-corrected chi connectivity index (χ2v) is 10.8. The van der Waals surface area contributed by atoms with Crippen LogP contribution >= 0.6 is 0 Å². The van der Waals surface area contributed by atoms with Gasteiger partial charge in [-0.1, -0.05) is 0 Å². The van der Waals surface area contributed by atoms with Crippen LogP contribution in [0.1, 0.15) is 51.0 Å². The number of aromatic nitrogens is 1. The van der Waals surface area contributed by atoms with Crippen LogP contribution in [0.4, 0.5) is 10.2 Å². The van der Waals surface area contributed by atoms with Gasteiger partial charge in [0.1, 0.15) is 23.0 Å². The number of anilines is 1. The van der Waals surface area contributed by atoms with Crippen LogP contribution in [0.15, 0.2) is 42.1 Å². The van der Waals surface area contributed by atoms with E-state index in [1.54, 1.807) is 12.3 Å². The molecule has 36 heavy (non-hydrogen) atoms. The number of nitrogens with one attached hydrogen (secondary N) is 1. The second kappa shape index (κ2) is 10.2. The van der Waals surface area contributed by atoms with E-state index in [2.05, 4.69) is 15.2 Å². The molecule has 0 saturated carbocycles. The number of allylic oxidation sites excluding steroid dienone is 3. The summed E-state index contributed by atoms with van der Waals surface area (Å²) in [6.45, 7) is 5.38. The minimum atomic E-state index is -0.427. The Kier molecular flexibility index (Phi) is 7.01. The summed E-state index contributed by atoms with van der Waals surface area (Å²) in [6, 6.07) is 3.73. The lowest BCUT2D eigenvalue weighted by Gasteiger charge is -2.50. The van der Waals surface area contributed by atoms with Crippen molar-refractivity contribution in [1.29, 1.82) is 0 Å². The summed E-state index contributed by atoms with van der Waals surface area (Å²) >= 11 is 0. The number of amides is 2. The molecule has 3 fully saturated rings. The fraction of sp³-hybridized carbons (Fsp3) is 0.593. The van der Waals surface area contributed by atoms with Gasteiger partial charge in [-0.05, 0) is 55.8 Å². The molecule has 4 heterocycles. The molecule has 0 bridgehead atoms. The zero-order valence-electron chi connectivity index (χ0n) is 20.9. The highest BCUT2D eigenvalue weighted by Crippen LogP contribution is 2.45. The van der Waals surface area contributed by atoms with Gasteiger partial charge in [-0.2, -0.15) is 0 Å². The predicted molar refractivity (Wildman–Crippen MR) is 134 cm³/mol. The van der Waals surface area contributed by atoms with Crippen LogP contribution in [0.25, 0.3) is 0 Å². The second-order valence-electron chi connectivity index (χ2n) is 10.8. The number of halogens is 1. The number of nitrogen functional groups attached to an aromatic ring is 1. The fourth-order valence-electron chi connectivity index (χ4n) is 6.26. The Hall–Kier alpha value is -2.94. The van der Waals surface area contributed by atoms with E-state index in [1.165, 1.54) is 13.0 Å². The van der Waals surface area contributed by atoms with E-state index in [9.17, 15) is 14.0 Å². The van der Waals surface area contributed by atoms with Crippen LogP contribution in [0, 0.1) is 11.8 Å². The molecule has 1 aromatic heterocycles. The van der Waals surface area contributed by atoms with Crippen molar-refractivity contribution in [1.82, 2.24) is 20.1 Å². The molecule has 3 aliphatic heterocycles. The number of piperidine rings is 2. The summed E-state index contributed by atoms with van der Waals surface area (Å²) < 4.78 is 20.4. The van der Waals surface area contributed by atoms with Crippen molar-refractivity contribution in [2.24, 2.45) is 11.8 Å². The van der Waals surface area contributed by atoms with E-state index < -0.39 is 5.60 Å². The average Bonchev–Trinajstić information content (AvgIpc) is 2.85. The van der Waals surface area contributed by atoms with Crippen molar-refractivity contribution in [3.8, 4) is 0 Å². The quantitative estimate of drug-likeness (QED) is 0.664. The van der Waals surface area contributed by atoms with E-state index in [-0.39, 0.29) is 41.9 Å². The van der Waals surface area contributed by atoms with Crippen molar-refractivity contribution < 1.29 is 18.7 Å². The van der Waals surface area contributed by atoms with Gasteiger partial charge in [0.05, 0.1) is 0 Å². The van der Waals surface area contributed by atoms with E-state index in [1.807, 2.05) is 17.0 Å². The van der Waals surface area contributed by atoms with Gasteiger partial charge in [0.25, 0.3) is 0 Å². The largest absolute Gasteiger partial charge is 0.491 e. The topological polar surface area (TPSA) is 101 Å². The minimum absolute atomic E-state index is 0.0516. The first kappa shape index (κ1) is 24.7. The van der Waals surface area contributed by atoms with E-state index in [4.69, 9.17) is 10.5 Å². The Labute approximate surface area is 211 Å². The van der Waals surface area contributed by atoms with Gasteiger partial charge in [-0.3, -0.25) is 14.5 Å². The first-order valence-corrected chi connectivity index (χ1v) is 13.0. The molecule has 0 aromatic carbocycles. The summed E-state index contributed by atoms with van der Waals surface area (Å²) in [7, 11) is 0. The maximum Gasteiger partial charge on any atom is 0.225 e. The Morgan fingerprint density at radius 1 is 1.22 bits per heavy atom. The van der Waals surface area contributed by atoms with Crippen molar-refractivity contribution in [3.63, 3.8) is 0 Å². The average molecular weight is 498 g/mol. The molecule has 1 aromatic rings. The summed E-state index contributed by atoms with van der Waals surface area (Å²) in [5.74, 6) is 1.11. The summed E-state index contributed by atoms with van der Waals surface area (Å²) in [6.07, 6.45) is 8.95. The molecule has 2 atom stereocenters. The lowest BCUT2D eigenvalue weighted by Crippen LogP contribution is -2.57. The predicted octanol–water partition coefficient (Wildman–Crippen LogP) is 2.92. The number of fused-ring (bicyclic) bond motifs is 1. The van der Waals surface area contributed by atoms with Crippen LogP contribution < -0.4 is 11.1 Å². The Balaban J connectivity index is 1.16. The molecule has 5 rings (SSSR count). The zero-order chi connectivity index (χ0) is 25.3. The van der Waals surface area contributed by atoms with Gasteiger partial charge in [-0.15, -0.1) is 0 Å². The molecule has 2 amide bonds. The molecule has 1 spiro atoms. The number of nitrogens with zero attached hydrogens (tertiary/aromatic N) is 3. The van der Waals surface area contributed by atoms with E-state index in [0.29, 0.717) is 38.2 Å². The number of hydrogen-bond donors (Lipinski definition) is 2. The number of carbonyl (C=O) groups excluding carboxylic acids is 2. The molecule has 194 valence electrons. The summed E-state index contributed by atoms with van der Waals surface area (Å²) in [4.78, 5) is 33.6. The number of hydrogen-bond acceptors (Lipinski definition) is 6. The Morgan fingerprint density at radius 3 is 2.67 bits per heavy atom. The third kappa shape index (κ3) is 5.40. The molecular weight excluding hydrogens is 461 g/mol. The highest BCUT2D eigenvalue weighted by Gasteiger charge is 2.48. The third-order valence-corrected chi connectivity index (χ3v) is 8.18. The fourth-order valence-corrected chi connectivity index (χ4v) is 6.26. The van der Waals surface area contributed by atoms with Crippen LogP contribution in [0.2, 0.25) is 0 Å². The molecule has 3 saturated heterocycles. The number of pyridine rings is 1. The maximum atomic E-state index is 14.0. The zero-order valence-corrected chi connectivity index (χ0v) is 20.9. The molecule has 1 aliphatic carbocycles. The highest BCUT2D eigenvalue weighted by molar-refractivity contribution is 5.79. The normalized spacial score (nSPS) is 26.4. The molecule has 9 heteroatoms. The lowest BCUT2D eigenvalue weighted by atomic mass is 9.75. The van der Waals surface area contributed by atoms with Gasteiger partial charge in [0, 0.05) is 76.3 Å². The standard InChI is InChI=1S/C27H36FN5O3/c1-18(34)31-23-16-27(36-24-3-2-21(28)15-22(23)24)7-12-33(13-8-27)26(35)20-5-10-32(11-6-20)17-19-4-9-30-25(29)14-19/h2-4,9,14,20,22-23H,5-8,10-13,15-17H2,1H3,(H2,29,30)(H,31,34). The smallest absolute Gasteiger partial charge is 0.225 e. The molecule has 3 N–H and O–H groups in total. The van der Waals surface area contributed by atoms with Crippen molar-refractivity contribution >= 4 is 17.6 Å². The van der Waals surface area contributed by atoms with Crippen molar-refractivity contribution in [2.75, 3.05) is 31.9 Å². The van der Waals surface area contributed by atoms with Crippen LogP contribution in [0.3, 0.4) is 0 Å². The first-order chi connectivity index (χ1) is 17.3. The highest BCUT2D eigenvalue weighted by atomic mass is 19.1. The molecule has 0 radical (unpaired) electrons. The Morgan fingerprint density at radius 2 is 1.97 bits per heavy atom. The number of ether oxygens (including phenoxy) is 1. The van der Waals surface area contributed by atoms with E-state index in [0.717, 1.165) is 43.8 Å². The molecular formula is C27H36FN5O3. The SMILES string of the molecule is CC(=O)NC1CC2(CCN(C(=O)C3CCN(Cc4ccnc(N)c4)CC3)CC2)OC2=CC=C(F)CC21. The maximum absolute atomic E-state index is 14.0. The van der Waals surface area contributed by atoms with Gasteiger partial charge in [-0.25, -0.2) is 9.37 Å². The van der Waals surface area contributed by atoms with Crippen LogP contribution in [-0.2, 0) is 20.9 Å². The Bertz CT molecular complexity index is 1060. The van der Waals surface area contributed by atoms with E-state index >= 15 is 0 Å². The number of likely N-dealkylation sites (tertiary alicyclic amines) is 2. The third-order valence-electron chi connectivity index (χ3n) is 8.18. The number of nitrogens with two attached hydrogens (primary N) is 1. The number of carbonyl (C=O) groups is 2. The summed E-state index contributed by atoms with van der Waals surface area (Å²) in [5.41, 5.74) is 6.52. The number of rotatable bonds is 4. The monoisotopic (exact) mass is 497 g/mol. The van der Waals surface area contributed by atoms with Crippen LogP contribution in [0.5, 0.6) is 0 Å². The minimum Gasteiger partial charge on any atom is -0.491 e. The molecule has 4 aliphatic rings. The summed E-state index contributed by atoms with van der Waals surface area (Å²) in [5, 5.41) is 3.03.